The number of para-hydroxylation sites is 3. The maximum absolute atomic E-state index is 6.71. The number of aromatic nitrogens is 2. The third-order valence-corrected chi connectivity index (χ3v) is 11.0. The fourth-order valence-corrected chi connectivity index (χ4v) is 8.57. The standard InChI is InChI=1S/C50H32N2O2/c1-4-14-36(15-5-1)50(37-16-6-2-7-17-37)41-21-11-10-20-39(41)40-31-47-48(32-42(40)50)53-45-29-28-35(30-46(45)54-47)33-24-26-34(27-25-33)49-51-43-22-12-13-23-44(43)52(49)38-18-8-3-9-19-38/h1-32H. The molecule has 0 bridgehead atoms. The average Bonchev–Trinajstić information content (AvgIpc) is 3.77. The summed E-state index contributed by atoms with van der Waals surface area (Å²) < 4.78 is 15.6. The summed E-state index contributed by atoms with van der Waals surface area (Å²) in [5.41, 5.74) is 13.0. The van der Waals surface area contributed by atoms with Gasteiger partial charge in [0.05, 0.1) is 16.4 Å². The largest absolute Gasteiger partial charge is 0.450 e. The molecule has 2 aliphatic rings. The third-order valence-electron chi connectivity index (χ3n) is 11.0. The van der Waals surface area contributed by atoms with Gasteiger partial charge in [-0.25, -0.2) is 4.98 Å². The van der Waals surface area contributed by atoms with Crippen LogP contribution in [0.25, 0.3) is 50.4 Å². The second-order valence-electron chi connectivity index (χ2n) is 13.9. The number of rotatable bonds is 5. The lowest BCUT2D eigenvalue weighted by atomic mass is 9.67. The second kappa shape index (κ2) is 11.9. The Bertz CT molecular complexity index is 2820. The molecule has 0 N–H and O–H groups in total. The Hall–Kier alpha value is -7.17. The van der Waals surface area contributed by atoms with E-state index in [2.05, 4.69) is 180 Å². The Kier molecular flexibility index (Phi) is 6.73. The molecule has 254 valence electrons. The van der Waals surface area contributed by atoms with Crippen molar-refractivity contribution < 1.29 is 9.47 Å². The fourth-order valence-electron chi connectivity index (χ4n) is 8.57. The molecule has 8 aromatic carbocycles. The Labute approximate surface area is 313 Å². The molecule has 1 aliphatic carbocycles. The van der Waals surface area contributed by atoms with Gasteiger partial charge in [-0.3, -0.25) is 4.57 Å². The predicted octanol–water partition coefficient (Wildman–Crippen LogP) is 12.6. The minimum absolute atomic E-state index is 0.506. The molecule has 11 rings (SSSR count). The highest BCUT2D eigenvalue weighted by Gasteiger charge is 2.47. The lowest BCUT2D eigenvalue weighted by molar-refractivity contribution is 0.359. The molecule has 0 saturated carbocycles. The molecule has 0 spiro atoms. The Morgan fingerprint density at radius 3 is 1.74 bits per heavy atom. The second-order valence-corrected chi connectivity index (χ2v) is 13.9. The minimum atomic E-state index is -0.506. The number of imidazole rings is 1. The van der Waals surface area contributed by atoms with Crippen LogP contribution in [-0.4, -0.2) is 9.55 Å². The van der Waals surface area contributed by atoms with Crippen molar-refractivity contribution in [3.05, 3.63) is 216 Å². The topological polar surface area (TPSA) is 36.3 Å². The molecular formula is C50H32N2O2. The van der Waals surface area contributed by atoms with Crippen LogP contribution in [0, 0.1) is 0 Å². The van der Waals surface area contributed by atoms with E-state index in [4.69, 9.17) is 14.5 Å². The van der Waals surface area contributed by atoms with Crippen molar-refractivity contribution in [2.45, 2.75) is 5.41 Å². The van der Waals surface area contributed by atoms with Gasteiger partial charge >= 0.3 is 0 Å². The highest BCUT2D eigenvalue weighted by Crippen LogP contribution is 2.59. The summed E-state index contributed by atoms with van der Waals surface area (Å²) in [5.74, 6) is 3.72. The first-order valence-electron chi connectivity index (χ1n) is 18.3. The number of hydrogen-bond donors (Lipinski definition) is 0. The number of hydrogen-bond acceptors (Lipinski definition) is 3. The number of nitrogens with zero attached hydrogens (tertiary/aromatic N) is 2. The average molecular weight is 693 g/mol. The Balaban J connectivity index is 0.971. The summed E-state index contributed by atoms with van der Waals surface area (Å²) in [4.78, 5) is 5.05. The summed E-state index contributed by atoms with van der Waals surface area (Å²) in [6.07, 6.45) is 0. The Morgan fingerprint density at radius 2 is 0.981 bits per heavy atom. The summed E-state index contributed by atoms with van der Waals surface area (Å²) >= 11 is 0. The van der Waals surface area contributed by atoms with E-state index in [1.807, 2.05) is 18.2 Å². The number of fused-ring (bicyclic) bond motifs is 6. The SMILES string of the molecule is c1ccc(-n2c(-c3ccc(-c4ccc5c(c4)Oc4cc6c(cc4O5)C(c4ccccc4)(c4ccccc4)c4ccccc4-6)cc3)nc3ccccc32)cc1. The van der Waals surface area contributed by atoms with Gasteiger partial charge in [0, 0.05) is 11.3 Å². The van der Waals surface area contributed by atoms with Crippen molar-refractivity contribution in [3.63, 3.8) is 0 Å². The van der Waals surface area contributed by atoms with Crippen LogP contribution in [0.4, 0.5) is 0 Å². The molecule has 1 aromatic heterocycles. The van der Waals surface area contributed by atoms with Gasteiger partial charge in [-0.1, -0.05) is 146 Å². The smallest absolute Gasteiger partial charge is 0.170 e. The van der Waals surface area contributed by atoms with Gasteiger partial charge in [0.25, 0.3) is 0 Å². The molecule has 0 atom stereocenters. The first kappa shape index (κ1) is 30.5. The van der Waals surface area contributed by atoms with E-state index in [-0.39, 0.29) is 0 Å². The third kappa shape index (κ3) is 4.53. The van der Waals surface area contributed by atoms with Gasteiger partial charge in [0.15, 0.2) is 23.0 Å². The van der Waals surface area contributed by atoms with Crippen LogP contribution in [0.1, 0.15) is 22.3 Å². The molecule has 4 nitrogen and oxygen atoms in total. The minimum Gasteiger partial charge on any atom is -0.450 e. The fraction of sp³-hybridized carbons (Fsp3) is 0.0200. The van der Waals surface area contributed by atoms with Gasteiger partial charge in [0.1, 0.15) is 5.82 Å². The van der Waals surface area contributed by atoms with Crippen LogP contribution in [0.2, 0.25) is 0 Å². The van der Waals surface area contributed by atoms with Crippen LogP contribution in [0.5, 0.6) is 23.0 Å². The predicted molar refractivity (Wildman–Crippen MR) is 216 cm³/mol. The van der Waals surface area contributed by atoms with Gasteiger partial charge in [-0.05, 0) is 93.0 Å². The van der Waals surface area contributed by atoms with E-state index in [9.17, 15) is 0 Å². The number of benzene rings is 8. The molecule has 0 saturated heterocycles. The number of ether oxygens (including phenoxy) is 2. The molecule has 0 amide bonds. The molecule has 1 aliphatic heterocycles. The van der Waals surface area contributed by atoms with Gasteiger partial charge in [-0.2, -0.15) is 0 Å². The van der Waals surface area contributed by atoms with Crippen LogP contribution in [0.3, 0.4) is 0 Å². The molecule has 54 heavy (non-hydrogen) atoms. The summed E-state index contributed by atoms with van der Waals surface area (Å²) in [6.45, 7) is 0. The van der Waals surface area contributed by atoms with Gasteiger partial charge < -0.3 is 9.47 Å². The first-order chi connectivity index (χ1) is 26.8. The summed E-state index contributed by atoms with van der Waals surface area (Å²) in [7, 11) is 0. The molecular weight excluding hydrogens is 661 g/mol. The molecule has 4 heteroatoms. The molecule has 0 radical (unpaired) electrons. The zero-order valence-electron chi connectivity index (χ0n) is 29.2. The van der Waals surface area contributed by atoms with E-state index in [1.54, 1.807) is 0 Å². The first-order valence-corrected chi connectivity index (χ1v) is 18.3. The van der Waals surface area contributed by atoms with Crippen molar-refractivity contribution >= 4 is 11.0 Å². The van der Waals surface area contributed by atoms with E-state index in [0.717, 1.165) is 44.8 Å². The van der Waals surface area contributed by atoms with E-state index in [0.29, 0.717) is 23.0 Å². The van der Waals surface area contributed by atoms with Crippen molar-refractivity contribution in [1.82, 2.24) is 9.55 Å². The van der Waals surface area contributed by atoms with Crippen LogP contribution in [-0.2, 0) is 5.41 Å². The zero-order valence-corrected chi connectivity index (χ0v) is 29.2. The van der Waals surface area contributed by atoms with Gasteiger partial charge in [-0.15, -0.1) is 0 Å². The van der Waals surface area contributed by atoms with E-state index >= 15 is 0 Å². The Morgan fingerprint density at radius 1 is 0.407 bits per heavy atom. The maximum atomic E-state index is 6.71. The van der Waals surface area contributed by atoms with E-state index in [1.165, 1.54) is 27.8 Å². The maximum Gasteiger partial charge on any atom is 0.170 e. The van der Waals surface area contributed by atoms with E-state index < -0.39 is 5.41 Å². The lowest BCUT2D eigenvalue weighted by Gasteiger charge is -2.34. The molecule has 0 unspecified atom stereocenters. The van der Waals surface area contributed by atoms with Crippen molar-refractivity contribution in [3.8, 4) is 62.3 Å². The summed E-state index contributed by atoms with van der Waals surface area (Å²) in [5, 5.41) is 0. The highest BCUT2D eigenvalue weighted by atomic mass is 16.6. The van der Waals surface area contributed by atoms with Gasteiger partial charge in [0.2, 0.25) is 0 Å². The quantitative estimate of drug-likeness (QED) is 0.180. The van der Waals surface area contributed by atoms with Crippen molar-refractivity contribution in [2.75, 3.05) is 0 Å². The lowest BCUT2D eigenvalue weighted by Crippen LogP contribution is -2.28. The van der Waals surface area contributed by atoms with Crippen LogP contribution in [0.15, 0.2) is 194 Å². The van der Waals surface area contributed by atoms with Crippen molar-refractivity contribution in [1.29, 1.82) is 0 Å². The summed E-state index contributed by atoms with van der Waals surface area (Å²) in [6, 6.07) is 68.2. The van der Waals surface area contributed by atoms with Crippen molar-refractivity contribution in [2.24, 2.45) is 0 Å². The van der Waals surface area contributed by atoms with Crippen LogP contribution >= 0.6 is 0 Å². The van der Waals surface area contributed by atoms with Crippen LogP contribution < -0.4 is 9.47 Å². The molecule has 9 aromatic rings. The highest BCUT2D eigenvalue weighted by molar-refractivity contribution is 5.89. The molecule has 2 heterocycles. The monoisotopic (exact) mass is 692 g/mol. The zero-order chi connectivity index (χ0) is 35.6. The molecule has 0 fully saturated rings. The normalized spacial score (nSPS) is 13.3.